The van der Waals surface area contributed by atoms with Gasteiger partial charge in [-0.05, 0) is 43.4 Å². The highest BCUT2D eigenvalue weighted by Gasteiger charge is 2.51. The third-order valence-corrected chi connectivity index (χ3v) is 14.8. The zero-order chi connectivity index (χ0) is 47.2. The average Bonchev–Trinajstić information content (AvgIpc) is 3.82. The number of aliphatic hydroxyl groups excluding tert-OH is 4. The maximum atomic E-state index is 14.7. The lowest BCUT2D eigenvalue weighted by molar-refractivity contribution is -0.144. The first kappa shape index (κ1) is 50.2. The zero-order valence-corrected chi connectivity index (χ0v) is 36.8. The van der Waals surface area contributed by atoms with Gasteiger partial charge in [-0.2, -0.15) is 0 Å². The summed E-state index contributed by atoms with van der Waals surface area (Å²) in [6.07, 6.45) is -3.86. The lowest BCUT2D eigenvalue weighted by Gasteiger charge is -2.35. The minimum atomic E-state index is -2.16. The van der Waals surface area contributed by atoms with Crippen LogP contribution in [0.2, 0.25) is 0 Å². The molecule has 24 nitrogen and oxygen atoms in total. The molecule has 0 radical (unpaired) electrons. The summed E-state index contributed by atoms with van der Waals surface area (Å²) < 4.78 is 14.7. The predicted octanol–water partition coefficient (Wildman–Crippen LogP) is -7.24. The van der Waals surface area contributed by atoms with E-state index in [-0.39, 0.29) is 25.2 Å². The molecule has 1 aliphatic carbocycles. The Kier molecular flexibility index (Phi) is 17.2. The van der Waals surface area contributed by atoms with Crippen LogP contribution in [-0.4, -0.2) is 181 Å². The maximum absolute atomic E-state index is 14.7. The fourth-order valence-electron chi connectivity index (χ4n) is 9.21. The molecule has 0 spiro atoms. The van der Waals surface area contributed by atoms with Crippen LogP contribution < -0.4 is 48.3 Å². The molecule has 2 bridgehead atoms. The van der Waals surface area contributed by atoms with E-state index >= 15 is 0 Å². The van der Waals surface area contributed by atoms with Crippen LogP contribution in [-0.2, 0) is 54.0 Å². The number of hydrogen-bond donors (Lipinski definition) is 13. The van der Waals surface area contributed by atoms with Crippen molar-refractivity contribution in [2.75, 3.05) is 32.0 Å². The van der Waals surface area contributed by atoms with Crippen molar-refractivity contribution < 1.29 is 67.8 Å². The lowest BCUT2D eigenvalue weighted by atomic mass is 9.76. The molecule has 9 amide bonds. The molecule has 14 N–H and O–H groups in total. The van der Waals surface area contributed by atoms with Gasteiger partial charge in [-0.3, -0.25) is 52.7 Å². The molecule has 16 atom stereocenters. The Bertz CT molecular complexity index is 1840. The third kappa shape index (κ3) is 12.1. The Morgan fingerprint density at radius 2 is 1.45 bits per heavy atom. The van der Waals surface area contributed by atoms with E-state index in [1.54, 1.807) is 13.8 Å². The molecule has 4 saturated heterocycles. The van der Waals surface area contributed by atoms with Crippen LogP contribution in [0.3, 0.4) is 0 Å². The van der Waals surface area contributed by atoms with E-state index < -0.39 is 186 Å². The highest BCUT2D eigenvalue weighted by Crippen LogP contribution is 2.41. The molecular formula is C39H62N10O14S. The molecule has 0 aromatic carbocycles. The minimum absolute atomic E-state index is 0.212. The van der Waals surface area contributed by atoms with E-state index in [2.05, 4.69) is 42.5 Å². The molecule has 4 aliphatic heterocycles. The van der Waals surface area contributed by atoms with Crippen LogP contribution >= 0.6 is 0 Å². The normalized spacial score (nSPS) is 36.5. The summed E-state index contributed by atoms with van der Waals surface area (Å²) in [5, 5.41) is 61.6. The van der Waals surface area contributed by atoms with Gasteiger partial charge in [-0.15, -0.1) is 0 Å². The van der Waals surface area contributed by atoms with Gasteiger partial charge in [0.15, 0.2) is 0 Å². The first-order valence-electron chi connectivity index (χ1n) is 21.6. The lowest BCUT2D eigenvalue weighted by Crippen LogP contribution is -2.62. The number of amides is 9. The van der Waals surface area contributed by atoms with E-state index in [0.717, 1.165) is 4.90 Å². The van der Waals surface area contributed by atoms with Crippen LogP contribution in [0, 0.1) is 23.7 Å². The van der Waals surface area contributed by atoms with Gasteiger partial charge in [-0.25, -0.2) is 0 Å². The molecule has 64 heavy (non-hydrogen) atoms. The number of hydrogen-bond acceptors (Lipinski definition) is 15. The Balaban J connectivity index is 1.67. The first-order chi connectivity index (χ1) is 30.2. The molecule has 5 unspecified atom stereocenters. The number of nitrogens with zero attached hydrogens (tertiary/aromatic N) is 1. The summed E-state index contributed by atoms with van der Waals surface area (Å²) in [4.78, 5) is 125. The van der Waals surface area contributed by atoms with Gasteiger partial charge < -0.3 is 68.3 Å². The molecule has 25 heteroatoms. The van der Waals surface area contributed by atoms with Crippen LogP contribution in [0.4, 0.5) is 0 Å². The van der Waals surface area contributed by atoms with Crippen LogP contribution in [0.5, 0.6) is 0 Å². The number of rotatable bonds is 7. The van der Waals surface area contributed by atoms with E-state index in [0.29, 0.717) is 19.3 Å². The summed E-state index contributed by atoms with van der Waals surface area (Å²) in [6, 6.07) is -10.0. The van der Waals surface area contributed by atoms with Gasteiger partial charge in [-0.1, -0.05) is 27.2 Å². The highest BCUT2D eigenvalue weighted by molar-refractivity contribution is 7.85. The number of primary amides is 1. The van der Waals surface area contributed by atoms with Crippen molar-refractivity contribution in [3.63, 3.8) is 0 Å². The molecule has 1 saturated carbocycles. The highest BCUT2D eigenvalue weighted by atomic mass is 32.2. The van der Waals surface area contributed by atoms with E-state index in [4.69, 9.17) is 5.73 Å². The number of nitrogens with two attached hydrogens (primary N) is 1. The standard InChI is InChI=1S/C39H62N10O14S/c1-4-16(2)31-36(60)42-11-29(55)43-25-15-64(63)38-21(20-6-5-18(51)7-22(20)46-38)9-23(33(57)41-12-30(56)47-31)44-37(61)32(17(3)27(53)14-50)48-35(59)26-8-19(52)13-49(26)39(62)24(10-28(40)54)45-34(25)58/h16-27,31-32,38,46,50-53H,4-15H2,1-3H3,(H2,40,54)(H,41,57)(H,42,60)(H,43,55)(H,44,61)(H,45,58)(H,47,56)(H,48,59)/t16-,17+,18?,19+,20?,21?,22?,23-,24-,25-,26-,27+,31-,32-,38?,64-/m0/s1. The minimum Gasteiger partial charge on any atom is -0.394 e. The number of carbonyl (C=O) groups is 9. The van der Waals surface area contributed by atoms with E-state index in [1.165, 1.54) is 6.92 Å². The maximum Gasteiger partial charge on any atom is 0.246 e. The molecular weight excluding hydrogens is 865 g/mol. The quantitative estimate of drug-likeness (QED) is 0.113. The Hall–Kier alpha value is -4.82. The van der Waals surface area contributed by atoms with E-state index in [9.17, 15) is 67.8 Å². The molecule has 0 aromatic rings. The number of aliphatic hydroxyl groups is 4. The van der Waals surface area contributed by atoms with Crippen molar-refractivity contribution in [3.8, 4) is 0 Å². The molecule has 5 rings (SSSR count). The third-order valence-electron chi connectivity index (χ3n) is 13.0. The SMILES string of the molecule is CC[C@H](C)[C@@H]1NC(=O)CNC(=O)[C@@H]2CC3C4CCC(O)CC4NC3[S@@](=O)C[C@H](NC(=O)CNC1=O)C(=O)N[C@@H](CC(N)=O)C(=O)N1C[C@H](O)C[C@H]1C(=O)N[C@@H]([C@H](C)[C@H](O)CO)C(=O)N2. The Morgan fingerprint density at radius 3 is 2.11 bits per heavy atom. The van der Waals surface area contributed by atoms with Crippen molar-refractivity contribution in [2.24, 2.45) is 29.4 Å². The van der Waals surface area contributed by atoms with Gasteiger partial charge in [0.2, 0.25) is 53.2 Å². The van der Waals surface area contributed by atoms with Crippen LogP contribution in [0.1, 0.15) is 65.7 Å². The molecule has 358 valence electrons. The summed E-state index contributed by atoms with van der Waals surface area (Å²) in [6.45, 7) is 1.96. The number of fused-ring (bicyclic) bond motifs is 5. The Morgan fingerprint density at radius 1 is 0.781 bits per heavy atom. The van der Waals surface area contributed by atoms with Gasteiger partial charge in [0.1, 0.15) is 36.3 Å². The van der Waals surface area contributed by atoms with E-state index in [1.807, 2.05) is 0 Å². The van der Waals surface area contributed by atoms with Crippen LogP contribution in [0.15, 0.2) is 0 Å². The van der Waals surface area contributed by atoms with Gasteiger partial charge in [0.05, 0.1) is 55.6 Å². The zero-order valence-electron chi connectivity index (χ0n) is 35.9. The fraction of sp³-hybridized carbons (Fsp3) is 0.769. The van der Waals surface area contributed by atoms with Gasteiger partial charge in [0, 0.05) is 35.7 Å². The summed E-state index contributed by atoms with van der Waals surface area (Å²) in [5.41, 5.74) is 5.50. The molecule has 5 aliphatic rings. The number of carbonyl (C=O) groups excluding carboxylic acids is 9. The monoisotopic (exact) mass is 926 g/mol. The number of nitrogens with one attached hydrogen (secondary N) is 8. The predicted molar refractivity (Wildman–Crippen MR) is 222 cm³/mol. The smallest absolute Gasteiger partial charge is 0.246 e. The molecule has 4 heterocycles. The Labute approximate surface area is 371 Å². The van der Waals surface area contributed by atoms with Crippen molar-refractivity contribution in [1.29, 1.82) is 0 Å². The van der Waals surface area contributed by atoms with Crippen LogP contribution in [0.25, 0.3) is 0 Å². The second-order valence-electron chi connectivity index (χ2n) is 17.5. The van der Waals surface area contributed by atoms with Crippen molar-refractivity contribution >= 4 is 64.0 Å². The molecule has 0 aromatic heterocycles. The summed E-state index contributed by atoms with van der Waals surface area (Å²) in [5.74, 6) is -12.3. The largest absolute Gasteiger partial charge is 0.394 e. The second kappa shape index (κ2) is 21.9. The van der Waals surface area contributed by atoms with Crippen molar-refractivity contribution in [2.45, 2.75) is 132 Å². The summed E-state index contributed by atoms with van der Waals surface area (Å²) in [7, 11) is -2.16. The van der Waals surface area contributed by atoms with Crippen molar-refractivity contribution in [3.05, 3.63) is 0 Å². The topological polar surface area (TPSA) is 377 Å². The molecule has 5 fully saturated rings. The fourth-order valence-corrected chi connectivity index (χ4v) is 11.0. The van der Waals surface area contributed by atoms with Gasteiger partial charge in [0.25, 0.3) is 0 Å². The summed E-state index contributed by atoms with van der Waals surface area (Å²) >= 11 is 0. The van der Waals surface area contributed by atoms with Crippen molar-refractivity contribution in [1.82, 2.24) is 47.4 Å². The average molecular weight is 927 g/mol. The second-order valence-corrected chi connectivity index (χ2v) is 19.1. The first-order valence-corrected chi connectivity index (χ1v) is 23.0. The van der Waals surface area contributed by atoms with Gasteiger partial charge >= 0.3 is 0 Å².